The highest BCUT2D eigenvalue weighted by Crippen LogP contribution is 2.26. The van der Waals surface area contributed by atoms with Crippen LogP contribution in [0.25, 0.3) is 0 Å². The fourth-order valence-corrected chi connectivity index (χ4v) is 2.20. The Morgan fingerprint density at radius 1 is 1.72 bits per heavy atom. The highest BCUT2D eigenvalue weighted by Gasteiger charge is 2.25. The van der Waals surface area contributed by atoms with Gasteiger partial charge in [0.05, 0.1) is 17.6 Å². The lowest BCUT2D eigenvalue weighted by molar-refractivity contribution is -0.385. The predicted molar refractivity (Wildman–Crippen MR) is 65.1 cm³/mol. The summed E-state index contributed by atoms with van der Waals surface area (Å²) in [6.07, 6.45) is 4.24. The normalized spacial score (nSPS) is 24.6. The topological polar surface area (TPSA) is 93.2 Å². The molecule has 1 unspecified atom stereocenters. The minimum atomic E-state index is -0.583. The second-order valence-corrected chi connectivity index (χ2v) is 5.01. The molecular weight excluding hydrogens is 236 g/mol. The molecule has 0 aromatic carbocycles. The molecule has 0 spiro atoms. The smallest absolute Gasteiger partial charge is 0.306 e. The Bertz CT molecular complexity index is 414. The maximum absolute atomic E-state index is 10.5. The molecule has 0 aliphatic heterocycles. The minimum absolute atomic E-state index is 0.0528. The van der Waals surface area contributed by atoms with Crippen LogP contribution in [0.2, 0.25) is 0 Å². The Kier molecular flexibility index (Phi) is 3.93. The summed E-state index contributed by atoms with van der Waals surface area (Å²) in [5.74, 6) is 0.772. The summed E-state index contributed by atoms with van der Waals surface area (Å²) in [5, 5.41) is 27.4. The van der Waals surface area contributed by atoms with Gasteiger partial charge in [-0.05, 0) is 18.8 Å². The van der Waals surface area contributed by atoms with Crippen molar-refractivity contribution >= 4 is 5.69 Å². The van der Waals surface area contributed by atoms with Gasteiger partial charge in [0.25, 0.3) is 0 Å². The van der Waals surface area contributed by atoms with Crippen LogP contribution < -0.4 is 5.32 Å². The third-order valence-electron chi connectivity index (χ3n) is 3.24. The number of nitro groups is 1. The number of rotatable bonds is 6. The average molecular weight is 254 g/mol. The summed E-state index contributed by atoms with van der Waals surface area (Å²) in [6.45, 7) is 2.96. The molecule has 0 bridgehead atoms. The summed E-state index contributed by atoms with van der Waals surface area (Å²) >= 11 is 0. The van der Waals surface area contributed by atoms with Crippen LogP contribution in [0.1, 0.15) is 19.8 Å². The molecule has 1 fully saturated rings. The molecule has 0 saturated heterocycles. The second kappa shape index (κ2) is 5.45. The van der Waals surface area contributed by atoms with Gasteiger partial charge >= 0.3 is 5.69 Å². The minimum Gasteiger partial charge on any atom is -0.390 e. The largest absolute Gasteiger partial charge is 0.390 e. The molecule has 100 valence electrons. The lowest BCUT2D eigenvalue weighted by Gasteiger charge is -2.34. The quantitative estimate of drug-likeness (QED) is 0.571. The van der Waals surface area contributed by atoms with Crippen LogP contribution in [0.3, 0.4) is 0 Å². The van der Waals surface area contributed by atoms with Crippen molar-refractivity contribution in [2.45, 2.75) is 38.5 Å². The van der Waals surface area contributed by atoms with E-state index in [0.29, 0.717) is 12.6 Å². The zero-order valence-electron chi connectivity index (χ0n) is 10.3. The molecule has 1 aromatic heterocycles. The highest BCUT2D eigenvalue weighted by molar-refractivity contribution is 5.20. The van der Waals surface area contributed by atoms with Crippen molar-refractivity contribution in [1.29, 1.82) is 0 Å². The van der Waals surface area contributed by atoms with Gasteiger partial charge in [-0.3, -0.25) is 14.8 Å². The number of nitrogens with one attached hydrogen (secondary N) is 1. The van der Waals surface area contributed by atoms with E-state index in [-0.39, 0.29) is 12.2 Å². The van der Waals surface area contributed by atoms with E-state index in [1.807, 2.05) is 0 Å². The van der Waals surface area contributed by atoms with E-state index in [4.69, 9.17) is 0 Å². The van der Waals surface area contributed by atoms with Gasteiger partial charge < -0.3 is 10.4 Å². The molecule has 1 atom stereocenters. The van der Waals surface area contributed by atoms with E-state index >= 15 is 0 Å². The Morgan fingerprint density at radius 3 is 3.00 bits per heavy atom. The van der Waals surface area contributed by atoms with Gasteiger partial charge in [0.15, 0.2) is 0 Å². The van der Waals surface area contributed by atoms with Crippen molar-refractivity contribution < 1.29 is 10.0 Å². The number of hydrogen-bond acceptors (Lipinski definition) is 5. The number of nitrogens with zero attached hydrogens (tertiary/aromatic N) is 3. The standard InChI is InChI=1S/C11H18N4O3/c1-8-2-9(3-8)12-5-11(16)7-14-6-10(4-13-14)15(17)18/h4,6,8-9,11-12,16H,2-3,5,7H2,1H3. The molecule has 1 aromatic rings. The molecular formula is C11H18N4O3. The van der Waals surface area contributed by atoms with Crippen LogP contribution in [0.4, 0.5) is 5.69 Å². The number of hydrogen-bond donors (Lipinski definition) is 2. The van der Waals surface area contributed by atoms with E-state index in [0.717, 1.165) is 18.8 Å². The average Bonchev–Trinajstić information content (AvgIpc) is 2.71. The first-order valence-electron chi connectivity index (χ1n) is 6.13. The van der Waals surface area contributed by atoms with Gasteiger partial charge in [-0.1, -0.05) is 6.92 Å². The van der Waals surface area contributed by atoms with Crippen molar-refractivity contribution in [2.75, 3.05) is 6.54 Å². The number of aromatic nitrogens is 2. The van der Waals surface area contributed by atoms with Crippen molar-refractivity contribution in [3.8, 4) is 0 Å². The van der Waals surface area contributed by atoms with Crippen LogP contribution in [0.5, 0.6) is 0 Å². The zero-order valence-corrected chi connectivity index (χ0v) is 10.3. The molecule has 0 radical (unpaired) electrons. The molecule has 2 N–H and O–H groups in total. The van der Waals surface area contributed by atoms with Crippen molar-refractivity contribution in [3.63, 3.8) is 0 Å². The SMILES string of the molecule is CC1CC(NCC(O)Cn2cc([N+](=O)[O-])cn2)C1. The van der Waals surface area contributed by atoms with E-state index < -0.39 is 11.0 Å². The Morgan fingerprint density at radius 2 is 2.44 bits per heavy atom. The van der Waals surface area contributed by atoms with Gasteiger partial charge in [0.2, 0.25) is 0 Å². The van der Waals surface area contributed by atoms with E-state index in [1.165, 1.54) is 17.1 Å². The maximum atomic E-state index is 10.5. The lowest BCUT2D eigenvalue weighted by Crippen LogP contribution is -2.44. The van der Waals surface area contributed by atoms with Gasteiger partial charge in [-0.25, -0.2) is 0 Å². The van der Waals surface area contributed by atoms with Crippen molar-refractivity contribution in [3.05, 3.63) is 22.5 Å². The molecule has 0 amide bonds. The van der Waals surface area contributed by atoms with Gasteiger partial charge in [-0.2, -0.15) is 5.10 Å². The third kappa shape index (κ3) is 3.27. The second-order valence-electron chi connectivity index (χ2n) is 5.01. The fourth-order valence-electron chi connectivity index (χ4n) is 2.20. The van der Waals surface area contributed by atoms with Gasteiger partial charge in [0.1, 0.15) is 12.4 Å². The Balaban J connectivity index is 1.72. The monoisotopic (exact) mass is 254 g/mol. The maximum Gasteiger partial charge on any atom is 0.306 e. The predicted octanol–water partition coefficient (Wildman–Crippen LogP) is 0.540. The molecule has 7 heteroatoms. The summed E-state index contributed by atoms with van der Waals surface area (Å²) in [4.78, 5) is 9.97. The molecule has 7 nitrogen and oxygen atoms in total. The summed E-state index contributed by atoms with van der Waals surface area (Å²) in [6, 6.07) is 0.501. The van der Waals surface area contributed by atoms with Crippen LogP contribution in [0.15, 0.2) is 12.4 Å². The fraction of sp³-hybridized carbons (Fsp3) is 0.727. The Hall–Kier alpha value is -1.47. The molecule has 1 heterocycles. The Labute approximate surface area is 105 Å². The third-order valence-corrected chi connectivity index (χ3v) is 3.24. The molecule has 1 aliphatic rings. The van der Waals surface area contributed by atoms with Gasteiger partial charge in [-0.15, -0.1) is 0 Å². The van der Waals surface area contributed by atoms with Crippen LogP contribution in [-0.2, 0) is 6.54 Å². The van der Waals surface area contributed by atoms with E-state index in [2.05, 4.69) is 17.3 Å². The number of aliphatic hydroxyl groups excluding tert-OH is 1. The van der Waals surface area contributed by atoms with E-state index in [9.17, 15) is 15.2 Å². The van der Waals surface area contributed by atoms with Crippen molar-refractivity contribution in [1.82, 2.24) is 15.1 Å². The molecule has 18 heavy (non-hydrogen) atoms. The van der Waals surface area contributed by atoms with Crippen LogP contribution in [0, 0.1) is 16.0 Å². The first-order chi connectivity index (χ1) is 8.54. The zero-order chi connectivity index (χ0) is 13.1. The van der Waals surface area contributed by atoms with Crippen molar-refractivity contribution in [2.24, 2.45) is 5.92 Å². The van der Waals surface area contributed by atoms with E-state index in [1.54, 1.807) is 0 Å². The summed E-state index contributed by atoms with van der Waals surface area (Å²) in [7, 11) is 0. The molecule has 1 saturated carbocycles. The summed E-state index contributed by atoms with van der Waals surface area (Å²) < 4.78 is 1.40. The lowest BCUT2D eigenvalue weighted by atomic mass is 9.82. The first-order valence-corrected chi connectivity index (χ1v) is 6.13. The van der Waals surface area contributed by atoms with Crippen LogP contribution in [-0.4, -0.2) is 38.5 Å². The summed E-state index contributed by atoms with van der Waals surface area (Å²) in [5.41, 5.74) is -0.0528. The van der Waals surface area contributed by atoms with Crippen LogP contribution >= 0.6 is 0 Å². The number of aliphatic hydroxyl groups is 1. The molecule has 1 aliphatic carbocycles. The van der Waals surface area contributed by atoms with Gasteiger partial charge in [0, 0.05) is 12.6 Å². The highest BCUT2D eigenvalue weighted by atomic mass is 16.6. The molecule has 2 rings (SSSR count). The first kappa shape index (κ1) is 13.0.